The van der Waals surface area contributed by atoms with Crippen molar-refractivity contribution in [2.45, 2.75) is 58.2 Å². The van der Waals surface area contributed by atoms with Crippen LogP contribution in [0.2, 0.25) is 0 Å². The van der Waals surface area contributed by atoms with Crippen molar-refractivity contribution in [2.75, 3.05) is 25.0 Å². The molecule has 1 aromatic rings. The van der Waals surface area contributed by atoms with E-state index in [0.29, 0.717) is 25.3 Å². The van der Waals surface area contributed by atoms with Crippen LogP contribution in [0, 0.1) is 10.1 Å². The van der Waals surface area contributed by atoms with Gasteiger partial charge < -0.3 is 15.3 Å². The van der Waals surface area contributed by atoms with E-state index in [9.17, 15) is 20.0 Å². The number of hydrogen-bond acceptors (Lipinski definition) is 5. The van der Waals surface area contributed by atoms with Gasteiger partial charge in [-0.1, -0.05) is 19.9 Å². The molecule has 150 valence electrons. The number of rotatable bonds is 6. The molecule has 1 aromatic carbocycles. The van der Waals surface area contributed by atoms with E-state index in [4.69, 9.17) is 0 Å². The summed E-state index contributed by atoms with van der Waals surface area (Å²) in [5.41, 5.74) is -0.434. The van der Waals surface area contributed by atoms with E-state index in [1.165, 1.54) is 12.1 Å². The minimum atomic E-state index is -0.793. The van der Waals surface area contributed by atoms with E-state index >= 15 is 0 Å². The van der Waals surface area contributed by atoms with Crippen LogP contribution in [0.3, 0.4) is 0 Å². The van der Waals surface area contributed by atoms with Gasteiger partial charge >= 0.3 is 6.03 Å². The topological polar surface area (TPSA) is 99.0 Å². The molecule has 27 heavy (non-hydrogen) atoms. The van der Waals surface area contributed by atoms with E-state index < -0.39 is 10.5 Å². The van der Waals surface area contributed by atoms with Gasteiger partial charge in [-0.2, -0.15) is 0 Å². The van der Waals surface area contributed by atoms with Gasteiger partial charge in [-0.05, 0) is 32.8 Å². The number of hydrogen-bond donors (Lipinski definition) is 2. The number of aliphatic hydroxyl groups is 1. The van der Waals surface area contributed by atoms with Crippen LogP contribution in [-0.2, 0) is 0 Å². The molecule has 0 aliphatic carbocycles. The lowest BCUT2D eigenvalue weighted by Gasteiger charge is -2.47. The molecule has 1 saturated heterocycles. The van der Waals surface area contributed by atoms with Gasteiger partial charge in [0.05, 0.1) is 10.5 Å². The number of carbonyl (C=O) groups excluding carboxylic acids is 1. The highest BCUT2D eigenvalue weighted by Crippen LogP contribution is 2.24. The molecule has 2 N–H and O–H groups in total. The number of carbonyl (C=O) groups is 1. The Morgan fingerprint density at radius 2 is 1.96 bits per heavy atom. The molecule has 0 saturated carbocycles. The van der Waals surface area contributed by atoms with Crippen molar-refractivity contribution < 1.29 is 14.8 Å². The fourth-order valence-corrected chi connectivity index (χ4v) is 3.58. The van der Waals surface area contributed by atoms with Gasteiger partial charge in [0.25, 0.3) is 5.69 Å². The van der Waals surface area contributed by atoms with Gasteiger partial charge in [-0.25, -0.2) is 4.79 Å². The van der Waals surface area contributed by atoms with Gasteiger partial charge in [0, 0.05) is 49.5 Å². The van der Waals surface area contributed by atoms with Crippen molar-refractivity contribution in [3.63, 3.8) is 0 Å². The molecule has 8 nitrogen and oxygen atoms in total. The molecular weight excluding hydrogens is 348 g/mol. The highest BCUT2D eigenvalue weighted by molar-refractivity contribution is 5.90. The summed E-state index contributed by atoms with van der Waals surface area (Å²) in [6.07, 6.45) is 1.66. The number of amides is 2. The lowest BCUT2D eigenvalue weighted by Crippen LogP contribution is -2.62. The monoisotopic (exact) mass is 378 g/mol. The van der Waals surface area contributed by atoms with Gasteiger partial charge in [0.1, 0.15) is 0 Å². The first-order valence-electron chi connectivity index (χ1n) is 9.43. The Hall–Kier alpha value is -2.19. The summed E-state index contributed by atoms with van der Waals surface area (Å²) >= 11 is 0. The number of β-amino-alcohol motifs (C(OH)–C–C–N with tert-alkyl or cyclic N) is 1. The zero-order valence-electron chi connectivity index (χ0n) is 16.5. The molecule has 1 aliphatic rings. The van der Waals surface area contributed by atoms with Crippen LogP contribution >= 0.6 is 0 Å². The number of nitrogens with one attached hydrogen (secondary N) is 1. The molecule has 0 spiro atoms. The molecule has 1 fully saturated rings. The van der Waals surface area contributed by atoms with Crippen LogP contribution in [0.5, 0.6) is 0 Å². The number of piperazine rings is 1. The van der Waals surface area contributed by atoms with Crippen LogP contribution in [0.15, 0.2) is 24.3 Å². The van der Waals surface area contributed by atoms with Crippen LogP contribution in [0.4, 0.5) is 16.2 Å². The van der Waals surface area contributed by atoms with E-state index in [0.717, 1.165) is 12.8 Å². The number of nitro groups is 1. The predicted octanol–water partition coefficient (Wildman–Crippen LogP) is 3.07. The summed E-state index contributed by atoms with van der Waals surface area (Å²) in [6.45, 7) is 9.51. The minimum absolute atomic E-state index is 0.0221. The van der Waals surface area contributed by atoms with E-state index in [1.807, 2.05) is 11.8 Å². The second-order valence-electron chi connectivity index (χ2n) is 7.76. The van der Waals surface area contributed by atoms with Crippen molar-refractivity contribution >= 4 is 17.4 Å². The lowest BCUT2D eigenvalue weighted by molar-refractivity contribution is -0.384. The smallest absolute Gasteiger partial charge is 0.322 e. The Morgan fingerprint density at radius 1 is 1.30 bits per heavy atom. The number of benzene rings is 1. The Balaban J connectivity index is 2.13. The minimum Gasteiger partial charge on any atom is -0.389 e. The maximum atomic E-state index is 12.8. The average Bonchev–Trinajstić information content (AvgIpc) is 2.60. The first-order valence-corrected chi connectivity index (χ1v) is 9.43. The normalized spacial score (nSPS) is 21.1. The molecule has 0 unspecified atom stereocenters. The maximum Gasteiger partial charge on any atom is 0.322 e. The molecule has 2 amide bonds. The summed E-state index contributed by atoms with van der Waals surface area (Å²) in [7, 11) is 0. The van der Waals surface area contributed by atoms with Crippen LogP contribution in [0.25, 0.3) is 0 Å². The summed E-state index contributed by atoms with van der Waals surface area (Å²) in [4.78, 5) is 27.4. The average molecular weight is 378 g/mol. The first kappa shape index (κ1) is 21.1. The number of anilines is 1. The van der Waals surface area contributed by atoms with Gasteiger partial charge in [-0.15, -0.1) is 0 Å². The Kier molecular flexibility index (Phi) is 6.78. The highest BCUT2D eigenvalue weighted by Gasteiger charge is 2.36. The lowest BCUT2D eigenvalue weighted by atomic mass is 10.00. The summed E-state index contributed by atoms with van der Waals surface area (Å²) in [5.74, 6) is 0. The Bertz CT molecular complexity index is 674. The standard InChI is InChI=1S/C19H30N4O4/c1-5-15-12-22(16(6-2)11-21(15)13-19(3,4)25)18(24)20-14-8-7-9-17(10-14)23(26)27/h7-10,15-16,25H,5-6,11-13H2,1-4H3,(H,20,24)/t15-,16-/m1/s1. The second kappa shape index (κ2) is 8.67. The molecule has 1 aliphatic heterocycles. The SMILES string of the molecule is CC[C@@H]1CN(C(=O)Nc2cccc([N+](=O)[O-])c2)[C@H](CC)CN1CC(C)(C)O. The molecule has 1 heterocycles. The van der Waals surface area contributed by atoms with Crippen molar-refractivity contribution in [2.24, 2.45) is 0 Å². The summed E-state index contributed by atoms with van der Waals surface area (Å²) in [5, 5.41) is 23.9. The maximum absolute atomic E-state index is 12.8. The van der Waals surface area contributed by atoms with Gasteiger partial charge in [0.15, 0.2) is 0 Å². The number of nitro benzene ring substituents is 1. The second-order valence-corrected chi connectivity index (χ2v) is 7.76. The third-order valence-corrected chi connectivity index (χ3v) is 4.91. The fraction of sp³-hybridized carbons (Fsp3) is 0.632. The largest absolute Gasteiger partial charge is 0.389 e. The van der Waals surface area contributed by atoms with Crippen LogP contribution in [-0.4, -0.2) is 63.2 Å². The molecule has 0 aromatic heterocycles. The number of non-ortho nitro benzene ring substituents is 1. The third-order valence-electron chi connectivity index (χ3n) is 4.91. The zero-order valence-corrected chi connectivity index (χ0v) is 16.5. The van der Waals surface area contributed by atoms with Gasteiger partial charge in [0.2, 0.25) is 0 Å². The van der Waals surface area contributed by atoms with Gasteiger partial charge in [-0.3, -0.25) is 15.0 Å². The Morgan fingerprint density at radius 3 is 2.52 bits per heavy atom. The van der Waals surface area contributed by atoms with E-state index in [2.05, 4.69) is 17.1 Å². The summed E-state index contributed by atoms with van der Waals surface area (Å²) < 4.78 is 0. The van der Waals surface area contributed by atoms with Crippen molar-refractivity contribution in [1.29, 1.82) is 0 Å². The fourth-order valence-electron chi connectivity index (χ4n) is 3.58. The predicted molar refractivity (Wildman–Crippen MR) is 105 cm³/mol. The third kappa shape index (κ3) is 5.64. The van der Waals surface area contributed by atoms with E-state index in [1.54, 1.807) is 26.0 Å². The van der Waals surface area contributed by atoms with Crippen molar-refractivity contribution in [3.8, 4) is 0 Å². The zero-order chi connectivity index (χ0) is 20.2. The molecule has 8 heteroatoms. The molecular formula is C19H30N4O4. The highest BCUT2D eigenvalue weighted by atomic mass is 16.6. The summed E-state index contributed by atoms with van der Waals surface area (Å²) in [6, 6.07) is 5.90. The quantitative estimate of drug-likeness (QED) is 0.585. The number of nitrogens with zero attached hydrogens (tertiary/aromatic N) is 3. The van der Waals surface area contributed by atoms with Crippen LogP contribution < -0.4 is 5.32 Å². The molecule has 0 radical (unpaired) electrons. The van der Waals surface area contributed by atoms with E-state index in [-0.39, 0.29) is 23.8 Å². The molecule has 2 atom stereocenters. The Labute approximate surface area is 160 Å². The molecule has 2 rings (SSSR count). The van der Waals surface area contributed by atoms with Crippen LogP contribution in [0.1, 0.15) is 40.5 Å². The first-order chi connectivity index (χ1) is 12.6. The molecule has 0 bridgehead atoms. The van der Waals surface area contributed by atoms with Crippen molar-refractivity contribution in [1.82, 2.24) is 9.80 Å². The van der Waals surface area contributed by atoms with Crippen molar-refractivity contribution in [3.05, 3.63) is 34.4 Å². The number of urea groups is 1.